The van der Waals surface area contributed by atoms with Crippen LogP contribution in [0.2, 0.25) is 10.0 Å². The van der Waals surface area contributed by atoms with Gasteiger partial charge in [-0.05, 0) is 18.6 Å². The van der Waals surface area contributed by atoms with Gasteiger partial charge in [-0.2, -0.15) is 18.3 Å². The highest BCUT2D eigenvalue weighted by Crippen LogP contribution is 2.45. The van der Waals surface area contributed by atoms with E-state index in [1.807, 2.05) is 0 Å². The van der Waals surface area contributed by atoms with Crippen LogP contribution in [0.3, 0.4) is 0 Å². The maximum absolute atomic E-state index is 13.5. The number of rotatable bonds is 2. The predicted molar refractivity (Wildman–Crippen MR) is 92.0 cm³/mol. The molecule has 0 spiro atoms. The second kappa shape index (κ2) is 7.01. The van der Waals surface area contributed by atoms with E-state index >= 15 is 0 Å². The van der Waals surface area contributed by atoms with Gasteiger partial charge in [0.25, 0.3) is 0 Å². The van der Waals surface area contributed by atoms with Gasteiger partial charge in [0.15, 0.2) is 11.6 Å². The Morgan fingerprint density at radius 1 is 1.19 bits per heavy atom. The summed E-state index contributed by atoms with van der Waals surface area (Å²) in [5.41, 5.74) is -2.69. The molecule has 1 aromatic carbocycles. The summed E-state index contributed by atoms with van der Waals surface area (Å²) in [5.74, 6) is -1.99. The quantitative estimate of drug-likeness (QED) is 0.432. The van der Waals surface area contributed by atoms with Crippen molar-refractivity contribution >= 4 is 40.5 Å². The molecule has 1 aromatic heterocycles. The number of alkyl halides is 3. The Kier molecular flexibility index (Phi) is 5.05. The maximum atomic E-state index is 13.5. The Balaban J connectivity index is 2.34. The molecule has 0 bridgehead atoms. The van der Waals surface area contributed by atoms with Crippen molar-refractivity contribution in [2.45, 2.75) is 25.4 Å². The van der Waals surface area contributed by atoms with Crippen LogP contribution in [-0.2, 0) is 15.8 Å². The first-order valence-electron chi connectivity index (χ1n) is 7.72. The fourth-order valence-electron chi connectivity index (χ4n) is 2.88. The van der Waals surface area contributed by atoms with Gasteiger partial charge in [0.05, 0.1) is 15.7 Å². The smallest absolute Gasteiger partial charge is 0.419 e. The first kappa shape index (κ1) is 19.4. The van der Waals surface area contributed by atoms with Crippen LogP contribution in [0.5, 0.6) is 0 Å². The average molecular weight is 419 g/mol. The number of benzene rings is 1. The molecule has 10 heteroatoms. The van der Waals surface area contributed by atoms with E-state index in [9.17, 15) is 27.9 Å². The van der Waals surface area contributed by atoms with E-state index in [-0.39, 0.29) is 18.4 Å². The number of allylic oxidation sites excluding steroid dienone is 1. The molecule has 2 aromatic rings. The maximum Gasteiger partial charge on any atom is 0.419 e. The number of Topliss-reactive ketones (excluding diaryl/α,β-unsaturated/α-hetero) is 2. The lowest BCUT2D eigenvalue weighted by atomic mass is 9.89. The summed E-state index contributed by atoms with van der Waals surface area (Å²) in [6, 6.07) is 2.17. The molecule has 0 saturated heterocycles. The Morgan fingerprint density at radius 2 is 1.81 bits per heavy atom. The minimum Gasteiger partial charge on any atom is -0.506 e. The SMILES string of the molecule is O=C1CCCC(=O)C1=C(O)c1cc(Cl)c(C(F)(F)F)c(-n2cccn2)c1Cl. The van der Waals surface area contributed by atoms with Crippen LogP contribution in [0.4, 0.5) is 13.2 Å². The summed E-state index contributed by atoms with van der Waals surface area (Å²) >= 11 is 12.0. The first-order valence-corrected chi connectivity index (χ1v) is 8.47. The average Bonchev–Trinajstić information content (AvgIpc) is 3.08. The lowest BCUT2D eigenvalue weighted by molar-refractivity contribution is -0.137. The van der Waals surface area contributed by atoms with Crippen LogP contribution in [0, 0.1) is 0 Å². The van der Waals surface area contributed by atoms with Crippen molar-refractivity contribution in [2.24, 2.45) is 0 Å². The summed E-state index contributed by atoms with van der Waals surface area (Å²) in [6.45, 7) is 0. The molecule has 0 aliphatic heterocycles. The zero-order valence-corrected chi connectivity index (χ0v) is 15.0. The zero-order chi connectivity index (χ0) is 19.9. The van der Waals surface area contributed by atoms with Gasteiger partial charge in [0.1, 0.15) is 16.9 Å². The van der Waals surface area contributed by atoms with Gasteiger partial charge in [0.2, 0.25) is 0 Å². The molecule has 1 aliphatic carbocycles. The summed E-state index contributed by atoms with van der Waals surface area (Å²) in [4.78, 5) is 24.1. The number of carbonyl (C=O) groups is 2. The normalized spacial score (nSPS) is 15.4. The fourth-order valence-corrected chi connectivity index (χ4v) is 3.52. The van der Waals surface area contributed by atoms with Crippen molar-refractivity contribution in [3.63, 3.8) is 0 Å². The molecule has 1 saturated carbocycles. The number of aromatic nitrogens is 2. The van der Waals surface area contributed by atoms with E-state index in [0.29, 0.717) is 6.42 Å². The van der Waals surface area contributed by atoms with Gasteiger partial charge in [-0.15, -0.1) is 0 Å². The Morgan fingerprint density at radius 3 is 2.33 bits per heavy atom. The number of aliphatic hydroxyl groups excluding tert-OH is 1. The van der Waals surface area contributed by atoms with Crippen molar-refractivity contribution < 1.29 is 27.9 Å². The highest BCUT2D eigenvalue weighted by Gasteiger charge is 2.40. The van der Waals surface area contributed by atoms with Crippen molar-refractivity contribution in [1.29, 1.82) is 0 Å². The molecule has 1 heterocycles. The lowest BCUT2D eigenvalue weighted by Gasteiger charge is -2.20. The number of halogens is 5. The van der Waals surface area contributed by atoms with E-state index in [4.69, 9.17) is 23.2 Å². The van der Waals surface area contributed by atoms with Crippen molar-refractivity contribution in [2.75, 3.05) is 0 Å². The third-order valence-electron chi connectivity index (χ3n) is 4.07. The minimum atomic E-state index is -4.86. The number of hydrogen-bond acceptors (Lipinski definition) is 4. The monoisotopic (exact) mass is 418 g/mol. The van der Waals surface area contributed by atoms with Crippen molar-refractivity contribution in [1.82, 2.24) is 9.78 Å². The minimum absolute atomic E-state index is 0.0448. The van der Waals surface area contributed by atoms with Gasteiger partial charge in [-0.3, -0.25) is 9.59 Å². The van der Waals surface area contributed by atoms with E-state index < -0.39 is 50.4 Å². The van der Waals surface area contributed by atoms with Gasteiger partial charge in [-0.25, -0.2) is 4.68 Å². The molecular formula is C17H11Cl2F3N2O3. The van der Waals surface area contributed by atoms with Gasteiger partial charge in [0, 0.05) is 30.8 Å². The predicted octanol–water partition coefficient (Wildman–Crippen LogP) is 4.79. The molecule has 0 amide bonds. The van der Waals surface area contributed by atoms with Crippen molar-refractivity contribution in [3.8, 4) is 5.69 Å². The lowest BCUT2D eigenvalue weighted by Crippen LogP contribution is -2.21. The topological polar surface area (TPSA) is 72.2 Å². The van der Waals surface area contributed by atoms with E-state index in [2.05, 4.69) is 5.10 Å². The molecule has 1 fully saturated rings. The number of nitrogens with zero attached hydrogens (tertiary/aromatic N) is 2. The summed E-state index contributed by atoms with van der Waals surface area (Å²) in [5, 5.41) is 12.9. The van der Waals surface area contributed by atoms with Gasteiger partial charge >= 0.3 is 6.18 Å². The van der Waals surface area contributed by atoms with Crippen LogP contribution in [0.25, 0.3) is 11.4 Å². The second-order valence-electron chi connectivity index (χ2n) is 5.82. The second-order valence-corrected chi connectivity index (χ2v) is 6.60. The summed E-state index contributed by atoms with van der Waals surface area (Å²) in [7, 11) is 0. The molecule has 1 aliphatic rings. The van der Waals surface area contributed by atoms with Crippen LogP contribution in [-0.4, -0.2) is 26.5 Å². The van der Waals surface area contributed by atoms with Crippen molar-refractivity contribution in [3.05, 3.63) is 51.3 Å². The highest BCUT2D eigenvalue weighted by atomic mass is 35.5. The molecular weight excluding hydrogens is 408 g/mol. The molecule has 1 N–H and O–H groups in total. The fraction of sp³-hybridized carbons (Fsp3) is 0.235. The summed E-state index contributed by atoms with van der Waals surface area (Å²) < 4.78 is 41.4. The van der Waals surface area contributed by atoms with Crippen LogP contribution < -0.4 is 0 Å². The Labute approximate surface area is 161 Å². The van der Waals surface area contributed by atoms with Crippen LogP contribution in [0.1, 0.15) is 30.4 Å². The van der Waals surface area contributed by atoms with Crippen LogP contribution >= 0.6 is 23.2 Å². The number of hydrogen-bond donors (Lipinski definition) is 1. The zero-order valence-electron chi connectivity index (χ0n) is 13.5. The third kappa shape index (κ3) is 3.46. The third-order valence-corrected chi connectivity index (χ3v) is 4.75. The molecule has 27 heavy (non-hydrogen) atoms. The molecule has 0 radical (unpaired) electrons. The van der Waals surface area contributed by atoms with Crippen LogP contribution in [0.15, 0.2) is 30.1 Å². The Hall–Kier alpha value is -2.32. The molecule has 0 unspecified atom stereocenters. The molecule has 0 atom stereocenters. The molecule has 142 valence electrons. The van der Waals surface area contributed by atoms with E-state index in [1.165, 1.54) is 18.5 Å². The number of ketones is 2. The molecule has 3 rings (SSSR count). The van der Waals surface area contributed by atoms with Gasteiger partial charge in [-0.1, -0.05) is 23.2 Å². The van der Waals surface area contributed by atoms with E-state index in [0.717, 1.165) is 10.7 Å². The Bertz CT molecular complexity index is 949. The number of aliphatic hydroxyl groups is 1. The molecule has 5 nitrogen and oxygen atoms in total. The van der Waals surface area contributed by atoms with Gasteiger partial charge < -0.3 is 5.11 Å². The van der Waals surface area contributed by atoms with E-state index in [1.54, 1.807) is 0 Å². The largest absolute Gasteiger partial charge is 0.506 e. The first-order chi connectivity index (χ1) is 12.6. The standard InChI is InChI=1S/C17H11Cl2F3N2O3/c18-9-7-8(16(27)12-10(25)3-1-4-11(12)26)14(19)15(13(9)17(20,21)22)24-6-2-5-23-24/h2,5-7,27H,1,3-4H2. The highest BCUT2D eigenvalue weighted by molar-refractivity contribution is 6.37. The number of carbonyl (C=O) groups excluding carboxylic acids is 2. The summed E-state index contributed by atoms with van der Waals surface area (Å²) in [6.07, 6.45) is -1.97.